The summed E-state index contributed by atoms with van der Waals surface area (Å²) in [6.07, 6.45) is -2.41. The van der Waals surface area contributed by atoms with Crippen molar-refractivity contribution in [3.63, 3.8) is 0 Å². The molecule has 3 rings (SSSR count). The topological polar surface area (TPSA) is 80.9 Å². The van der Waals surface area contributed by atoms with Crippen LogP contribution >= 0.6 is 0 Å². The van der Waals surface area contributed by atoms with Crippen molar-refractivity contribution in [1.29, 1.82) is 0 Å². The maximum Gasteiger partial charge on any atom is 0.438 e. The molecule has 3 aliphatic carbocycles. The van der Waals surface area contributed by atoms with Gasteiger partial charge in [-0.25, -0.2) is 0 Å². The SMILES string of the molecule is CC(C)(O)CCC[C@](C)(CC#CC(O)(C(F)(F)F)C(F)(F)F)[C@H]1CCC2C(=CC=C3CC(O)C[C@H](O)C3)CCC[C@@]21C. The van der Waals surface area contributed by atoms with Gasteiger partial charge < -0.3 is 20.4 Å². The van der Waals surface area contributed by atoms with Gasteiger partial charge in [-0.2, -0.15) is 26.3 Å². The van der Waals surface area contributed by atoms with Gasteiger partial charge in [0, 0.05) is 6.42 Å². The third-order valence-corrected chi connectivity index (χ3v) is 10.00. The summed E-state index contributed by atoms with van der Waals surface area (Å²) in [6.45, 7) is 7.34. The smallest absolute Gasteiger partial charge is 0.393 e. The van der Waals surface area contributed by atoms with E-state index in [2.05, 4.69) is 18.9 Å². The third-order valence-electron chi connectivity index (χ3n) is 10.00. The van der Waals surface area contributed by atoms with Crippen LogP contribution in [0.3, 0.4) is 0 Å². The number of hydrogen-bond donors (Lipinski definition) is 4. The fourth-order valence-corrected chi connectivity index (χ4v) is 7.90. The molecule has 2 unspecified atom stereocenters. The molecule has 4 nitrogen and oxygen atoms in total. The molecule has 0 heterocycles. The van der Waals surface area contributed by atoms with E-state index in [1.165, 1.54) is 11.5 Å². The van der Waals surface area contributed by atoms with Gasteiger partial charge in [-0.3, -0.25) is 0 Å². The molecular weight excluding hydrogens is 562 g/mol. The van der Waals surface area contributed by atoms with Crippen LogP contribution in [0.25, 0.3) is 0 Å². The molecule has 3 aliphatic rings. The Labute approximate surface area is 245 Å². The molecular formula is C32H46F6O4. The molecule has 0 saturated heterocycles. The Morgan fingerprint density at radius 3 is 2.05 bits per heavy atom. The van der Waals surface area contributed by atoms with Crippen molar-refractivity contribution in [2.24, 2.45) is 22.7 Å². The lowest BCUT2D eigenvalue weighted by Gasteiger charge is -2.49. The Hall–Kier alpha value is -1.54. The molecule has 0 radical (unpaired) electrons. The minimum atomic E-state index is -6.00. The van der Waals surface area contributed by atoms with Gasteiger partial charge in [0.05, 0.1) is 17.8 Å². The zero-order valence-corrected chi connectivity index (χ0v) is 25.0. The molecule has 3 saturated carbocycles. The Morgan fingerprint density at radius 2 is 1.50 bits per heavy atom. The minimum Gasteiger partial charge on any atom is -0.393 e. The normalized spacial score (nSPS) is 32.8. The van der Waals surface area contributed by atoms with Gasteiger partial charge in [0.2, 0.25) is 0 Å². The zero-order chi connectivity index (χ0) is 31.8. The maximum absolute atomic E-state index is 13.3. The van der Waals surface area contributed by atoms with Crippen LogP contribution in [0.1, 0.15) is 105 Å². The summed E-state index contributed by atoms with van der Waals surface area (Å²) < 4.78 is 79.7. The van der Waals surface area contributed by atoms with E-state index in [-0.39, 0.29) is 23.7 Å². The Bertz CT molecular complexity index is 1050. The molecule has 6 atom stereocenters. The predicted molar refractivity (Wildman–Crippen MR) is 148 cm³/mol. The Kier molecular flexibility index (Phi) is 10.4. The van der Waals surface area contributed by atoms with Crippen molar-refractivity contribution in [2.45, 2.75) is 141 Å². The van der Waals surface area contributed by atoms with Crippen LogP contribution in [-0.2, 0) is 0 Å². The lowest BCUT2D eigenvalue weighted by Crippen LogP contribution is -2.55. The summed E-state index contributed by atoms with van der Waals surface area (Å²) in [7, 11) is 0. The molecule has 0 spiro atoms. The van der Waals surface area contributed by atoms with Gasteiger partial charge in [-0.15, -0.1) is 0 Å². The van der Waals surface area contributed by atoms with Gasteiger partial charge >= 0.3 is 18.0 Å². The number of fused-ring (bicyclic) bond motifs is 1. The summed E-state index contributed by atoms with van der Waals surface area (Å²) in [4.78, 5) is 0. The second-order valence-corrected chi connectivity index (χ2v) is 14.1. The van der Waals surface area contributed by atoms with Crippen molar-refractivity contribution >= 4 is 0 Å². The number of aliphatic hydroxyl groups excluding tert-OH is 2. The molecule has 42 heavy (non-hydrogen) atoms. The van der Waals surface area contributed by atoms with Crippen LogP contribution < -0.4 is 0 Å². The van der Waals surface area contributed by atoms with Gasteiger partial charge in [0.15, 0.2) is 0 Å². The van der Waals surface area contributed by atoms with E-state index >= 15 is 0 Å². The molecule has 0 aromatic rings. The number of allylic oxidation sites excluding steroid dienone is 3. The molecule has 4 N–H and O–H groups in total. The number of hydrogen-bond acceptors (Lipinski definition) is 4. The summed E-state index contributed by atoms with van der Waals surface area (Å²) in [6, 6.07) is 0. The number of rotatable bonds is 7. The highest BCUT2D eigenvalue weighted by Gasteiger charge is 2.70. The van der Waals surface area contributed by atoms with Crippen molar-refractivity contribution in [1.82, 2.24) is 0 Å². The Morgan fingerprint density at radius 1 is 0.905 bits per heavy atom. The van der Waals surface area contributed by atoms with Gasteiger partial charge in [-0.05, 0) is 107 Å². The minimum absolute atomic E-state index is 0.0503. The van der Waals surface area contributed by atoms with Crippen LogP contribution in [0.15, 0.2) is 23.3 Å². The first-order valence-corrected chi connectivity index (χ1v) is 14.9. The van der Waals surface area contributed by atoms with Gasteiger partial charge in [0.25, 0.3) is 0 Å². The van der Waals surface area contributed by atoms with Crippen molar-refractivity contribution in [3.8, 4) is 11.8 Å². The fraction of sp³-hybridized carbons (Fsp3) is 0.812. The molecule has 10 heteroatoms. The molecule has 0 bridgehead atoms. The highest BCUT2D eigenvalue weighted by atomic mass is 19.4. The summed E-state index contributed by atoms with van der Waals surface area (Å²) >= 11 is 0. The lowest BCUT2D eigenvalue weighted by atomic mass is 9.55. The van der Waals surface area contributed by atoms with Gasteiger partial charge in [-0.1, -0.05) is 49.5 Å². The first-order chi connectivity index (χ1) is 19.1. The van der Waals surface area contributed by atoms with Crippen LogP contribution in [0.5, 0.6) is 0 Å². The Balaban J connectivity index is 1.93. The number of halogens is 6. The van der Waals surface area contributed by atoms with E-state index in [1.807, 2.05) is 13.0 Å². The fourth-order valence-electron chi connectivity index (χ4n) is 7.90. The molecule has 0 aromatic heterocycles. The van der Waals surface area contributed by atoms with E-state index in [0.717, 1.165) is 37.7 Å². The van der Waals surface area contributed by atoms with Crippen LogP contribution in [0.4, 0.5) is 26.3 Å². The van der Waals surface area contributed by atoms with Crippen molar-refractivity contribution in [3.05, 3.63) is 23.3 Å². The lowest BCUT2D eigenvalue weighted by molar-refractivity contribution is -0.343. The zero-order valence-electron chi connectivity index (χ0n) is 25.0. The summed E-state index contributed by atoms with van der Waals surface area (Å²) in [5.41, 5.74) is -4.88. The molecule has 3 fully saturated rings. The first-order valence-electron chi connectivity index (χ1n) is 14.9. The van der Waals surface area contributed by atoms with E-state index in [4.69, 9.17) is 0 Å². The predicted octanol–water partition coefficient (Wildman–Crippen LogP) is 7.16. The van der Waals surface area contributed by atoms with Crippen LogP contribution in [0.2, 0.25) is 0 Å². The third kappa shape index (κ3) is 7.75. The second-order valence-electron chi connectivity index (χ2n) is 14.1. The first kappa shape index (κ1) is 34.9. The van der Waals surface area contributed by atoms with Crippen LogP contribution in [0, 0.1) is 34.5 Å². The summed E-state index contributed by atoms with van der Waals surface area (Å²) in [5.74, 6) is 3.42. The van der Waals surface area contributed by atoms with Gasteiger partial charge in [0.1, 0.15) is 0 Å². The van der Waals surface area contributed by atoms with E-state index in [0.29, 0.717) is 38.5 Å². The molecule has 240 valence electrons. The number of alkyl halides is 6. The summed E-state index contributed by atoms with van der Waals surface area (Å²) in [5, 5.41) is 39.9. The van der Waals surface area contributed by atoms with E-state index in [1.54, 1.807) is 13.8 Å². The van der Waals surface area contributed by atoms with E-state index in [9.17, 15) is 46.8 Å². The largest absolute Gasteiger partial charge is 0.438 e. The number of aliphatic hydroxyl groups is 4. The standard InChI is InChI=1S/C32H46F6O4/c1-27(2,41)13-6-14-28(3,15-7-17-30(42,31(33,34)35)32(36,37)38)26-12-11-25-22(8-5-16-29(25,26)4)10-9-21-18-23(39)20-24(40)19-21/h9-10,23-26,39-42H,5-6,8,11-16,18-20H2,1-4H3/t23-,24?,25?,26-,28-,29+/m1/s1. The molecule has 0 aromatic carbocycles. The monoisotopic (exact) mass is 608 g/mol. The molecule has 0 amide bonds. The highest BCUT2D eigenvalue weighted by Crippen LogP contribution is 2.63. The average Bonchev–Trinajstić information content (AvgIpc) is 3.18. The van der Waals surface area contributed by atoms with Crippen molar-refractivity contribution < 1.29 is 46.8 Å². The second kappa shape index (κ2) is 12.5. The van der Waals surface area contributed by atoms with E-state index < -0.39 is 41.2 Å². The quantitative estimate of drug-likeness (QED) is 0.183. The average molecular weight is 609 g/mol. The maximum atomic E-state index is 13.3. The highest BCUT2D eigenvalue weighted by molar-refractivity contribution is 5.27. The van der Waals surface area contributed by atoms with Crippen LogP contribution in [-0.4, -0.2) is 56.2 Å². The molecule has 0 aliphatic heterocycles. The van der Waals surface area contributed by atoms with Crippen molar-refractivity contribution in [2.75, 3.05) is 0 Å².